The summed E-state index contributed by atoms with van der Waals surface area (Å²) in [6, 6.07) is 13.7. The van der Waals surface area contributed by atoms with E-state index in [4.69, 9.17) is 0 Å². The van der Waals surface area contributed by atoms with E-state index >= 15 is 0 Å². The molecular weight excluding hydrogens is 492 g/mol. The molecular formula is C31H38N4O4. The number of hydrogen-bond donors (Lipinski definition) is 2. The van der Waals surface area contributed by atoms with Crippen LogP contribution in [0.15, 0.2) is 42.5 Å². The van der Waals surface area contributed by atoms with Crippen molar-refractivity contribution in [1.29, 1.82) is 0 Å². The number of nitrogens with zero attached hydrogens (tertiary/aromatic N) is 2. The van der Waals surface area contributed by atoms with Gasteiger partial charge < -0.3 is 10.2 Å². The molecule has 0 spiro atoms. The van der Waals surface area contributed by atoms with Crippen molar-refractivity contribution < 1.29 is 19.2 Å². The predicted molar refractivity (Wildman–Crippen MR) is 148 cm³/mol. The fourth-order valence-corrected chi connectivity index (χ4v) is 5.94. The molecule has 0 bridgehead atoms. The Bertz CT molecular complexity index is 1250. The normalized spacial score (nSPS) is 22.3. The Kier molecular flexibility index (Phi) is 8.53. The van der Waals surface area contributed by atoms with E-state index in [0.29, 0.717) is 37.8 Å². The van der Waals surface area contributed by atoms with Gasteiger partial charge in [0.1, 0.15) is 0 Å². The number of hydrogen-bond acceptors (Lipinski definition) is 6. The highest BCUT2D eigenvalue weighted by Gasteiger charge is 2.31. The topological polar surface area (TPSA) is 98.8 Å². The van der Waals surface area contributed by atoms with Crippen molar-refractivity contribution in [2.24, 2.45) is 11.8 Å². The van der Waals surface area contributed by atoms with Crippen molar-refractivity contribution in [2.45, 2.75) is 51.6 Å². The van der Waals surface area contributed by atoms with E-state index in [9.17, 15) is 19.2 Å². The number of nitrogens with one attached hydrogen (secondary N) is 2. The third-order valence-electron chi connectivity index (χ3n) is 8.43. The maximum absolute atomic E-state index is 13.1. The summed E-state index contributed by atoms with van der Waals surface area (Å²) < 4.78 is 0. The van der Waals surface area contributed by atoms with Crippen molar-refractivity contribution in [3.05, 3.63) is 70.3 Å². The summed E-state index contributed by atoms with van der Waals surface area (Å²) in [5, 5.41) is 5.44. The Morgan fingerprint density at radius 1 is 0.923 bits per heavy atom. The van der Waals surface area contributed by atoms with E-state index < -0.39 is 0 Å². The SMILES string of the molecule is CN1CCN(Cc2cccc(C(=O)NCc3ccc4c(c3)CCC(CCC3CCC(=O)NC3=O)C4=O)c2)CC1. The molecule has 5 rings (SSSR count). The third-order valence-corrected chi connectivity index (χ3v) is 8.43. The van der Waals surface area contributed by atoms with E-state index in [0.717, 1.165) is 67.8 Å². The smallest absolute Gasteiger partial charge is 0.251 e. The second kappa shape index (κ2) is 12.2. The van der Waals surface area contributed by atoms with Crippen LogP contribution in [0.5, 0.6) is 0 Å². The molecule has 2 aromatic rings. The molecule has 2 aromatic carbocycles. The van der Waals surface area contributed by atoms with E-state index in [1.54, 1.807) is 0 Å². The maximum Gasteiger partial charge on any atom is 0.251 e. The minimum atomic E-state index is -0.208. The zero-order chi connectivity index (χ0) is 27.4. The number of piperidine rings is 1. The third kappa shape index (κ3) is 6.81. The van der Waals surface area contributed by atoms with Crippen molar-refractivity contribution in [1.82, 2.24) is 20.4 Å². The molecule has 8 heteroatoms. The molecule has 2 unspecified atom stereocenters. The van der Waals surface area contributed by atoms with Gasteiger partial charge in [0.25, 0.3) is 5.91 Å². The second-order valence-electron chi connectivity index (χ2n) is 11.3. The summed E-state index contributed by atoms with van der Waals surface area (Å²) in [5.74, 6) is -0.653. The van der Waals surface area contributed by atoms with Gasteiger partial charge in [0, 0.05) is 68.7 Å². The van der Waals surface area contributed by atoms with Crippen LogP contribution in [0.2, 0.25) is 0 Å². The Morgan fingerprint density at radius 2 is 1.69 bits per heavy atom. The summed E-state index contributed by atoms with van der Waals surface area (Å²) in [7, 11) is 2.14. The summed E-state index contributed by atoms with van der Waals surface area (Å²) >= 11 is 0. The lowest BCUT2D eigenvalue weighted by atomic mass is 9.78. The number of carbonyl (C=O) groups excluding carboxylic acids is 4. The van der Waals surface area contributed by atoms with Crippen LogP contribution in [0.3, 0.4) is 0 Å². The number of ketones is 1. The van der Waals surface area contributed by atoms with Gasteiger partial charge in [-0.2, -0.15) is 0 Å². The fourth-order valence-electron chi connectivity index (χ4n) is 5.94. The Hall–Kier alpha value is -3.36. The van der Waals surface area contributed by atoms with Crippen molar-refractivity contribution >= 4 is 23.5 Å². The van der Waals surface area contributed by atoms with E-state index in [-0.39, 0.29) is 35.3 Å². The number of fused-ring (bicyclic) bond motifs is 1. The second-order valence-corrected chi connectivity index (χ2v) is 11.3. The van der Waals surface area contributed by atoms with Gasteiger partial charge >= 0.3 is 0 Å². The van der Waals surface area contributed by atoms with Crippen molar-refractivity contribution in [3.8, 4) is 0 Å². The minimum absolute atomic E-state index is 0.0911. The minimum Gasteiger partial charge on any atom is -0.348 e. The van der Waals surface area contributed by atoms with Gasteiger partial charge in [-0.15, -0.1) is 0 Å². The van der Waals surface area contributed by atoms with Crippen LogP contribution in [0.25, 0.3) is 0 Å². The molecule has 8 nitrogen and oxygen atoms in total. The van der Waals surface area contributed by atoms with Gasteiger partial charge in [0.15, 0.2) is 5.78 Å². The van der Waals surface area contributed by atoms with Crippen LogP contribution >= 0.6 is 0 Å². The van der Waals surface area contributed by atoms with Gasteiger partial charge in [0.2, 0.25) is 11.8 Å². The first-order valence-corrected chi connectivity index (χ1v) is 14.1. The van der Waals surface area contributed by atoms with E-state index in [2.05, 4.69) is 33.5 Å². The molecule has 206 valence electrons. The summed E-state index contributed by atoms with van der Waals surface area (Å²) in [6.07, 6.45) is 3.80. The molecule has 0 radical (unpaired) electrons. The molecule has 39 heavy (non-hydrogen) atoms. The Balaban J connectivity index is 1.13. The monoisotopic (exact) mass is 530 g/mol. The van der Waals surface area contributed by atoms with Crippen LogP contribution in [-0.4, -0.2) is 66.5 Å². The van der Waals surface area contributed by atoms with Crippen LogP contribution in [-0.2, 0) is 29.1 Å². The van der Waals surface area contributed by atoms with Gasteiger partial charge in [-0.05, 0) is 68.0 Å². The summed E-state index contributed by atoms with van der Waals surface area (Å²) in [6.45, 7) is 5.46. The van der Waals surface area contributed by atoms with Crippen LogP contribution in [0, 0.1) is 11.8 Å². The first-order chi connectivity index (χ1) is 18.9. The van der Waals surface area contributed by atoms with E-state index in [1.807, 2.05) is 36.4 Å². The standard InChI is InChI=1S/C31H38N4O4/c1-34-13-15-35(16-14-34)20-22-3-2-4-26(18-22)30(38)32-19-21-5-11-27-25(17-21)9-7-23(29(27)37)6-8-24-10-12-28(36)33-31(24)39/h2-5,11,17-18,23-24H,6-10,12-16,19-20H2,1H3,(H,32,38)(H,33,36,39). The average Bonchev–Trinajstić information content (AvgIpc) is 2.93. The molecule has 2 heterocycles. The predicted octanol–water partition coefficient (Wildman–Crippen LogP) is 2.94. The molecule has 2 atom stereocenters. The molecule has 3 amide bonds. The first-order valence-electron chi connectivity index (χ1n) is 14.1. The zero-order valence-electron chi connectivity index (χ0n) is 22.7. The first kappa shape index (κ1) is 27.2. The van der Waals surface area contributed by atoms with Crippen LogP contribution < -0.4 is 10.6 Å². The number of aryl methyl sites for hydroxylation is 1. The van der Waals surface area contributed by atoms with Gasteiger partial charge in [-0.25, -0.2) is 0 Å². The maximum atomic E-state index is 13.1. The van der Waals surface area contributed by atoms with E-state index in [1.165, 1.54) is 0 Å². The number of carbonyl (C=O) groups is 4. The van der Waals surface area contributed by atoms with Crippen molar-refractivity contribution in [3.63, 3.8) is 0 Å². The molecule has 2 fully saturated rings. The number of rotatable bonds is 8. The lowest BCUT2D eigenvalue weighted by Gasteiger charge is -2.32. The number of amides is 3. The van der Waals surface area contributed by atoms with Gasteiger partial charge in [-0.3, -0.25) is 29.4 Å². The Labute approximate surface area is 230 Å². The van der Waals surface area contributed by atoms with Gasteiger partial charge in [-0.1, -0.05) is 30.3 Å². The molecule has 2 N–H and O–H groups in total. The number of piperazine rings is 1. The van der Waals surface area contributed by atoms with Crippen LogP contribution in [0.1, 0.15) is 69.5 Å². The van der Waals surface area contributed by atoms with Crippen LogP contribution in [0.4, 0.5) is 0 Å². The lowest BCUT2D eigenvalue weighted by molar-refractivity contribution is -0.136. The lowest BCUT2D eigenvalue weighted by Crippen LogP contribution is -2.43. The zero-order valence-corrected chi connectivity index (χ0v) is 22.7. The highest BCUT2D eigenvalue weighted by Crippen LogP contribution is 2.31. The van der Waals surface area contributed by atoms with Crippen molar-refractivity contribution in [2.75, 3.05) is 33.2 Å². The number of likely N-dealkylation sites (N-methyl/N-ethyl adjacent to an activating group) is 1. The number of Topliss-reactive ketones (excluding diaryl/α,β-unsaturated/α-hetero) is 1. The molecule has 2 aliphatic heterocycles. The Morgan fingerprint density at radius 3 is 2.49 bits per heavy atom. The molecule has 2 saturated heterocycles. The highest BCUT2D eigenvalue weighted by molar-refractivity contribution is 6.01. The van der Waals surface area contributed by atoms with Gasteiger partial charge in [0.05, 0.1) is 0 Å². The largest absolute Gasteiger partial charge is 0.348 e. The summed E-state index contributed by atoms with van der Waals surface area (Å²) in [4.78, 5) is 54.2. The molecule has 0 aromatic heterocycles. The molecule has 1 aliphatic carbocycles. The average molecular weight is 531 g/mol. The fraction of sp³-hybridized carbons (Fsp3) is 0.484. The number of benzene rings is 2. The summed E-state index contributed by atoms with van der Waals surface area (Å²) in [5.41, 5.74) is 4.56. The number of imide groups is 1. The highest BCUT2D eigenvalue weighted by atomic mass is 16.2. The quantitative estimate of drug-likeness (QED) is 0.510. The molecule has 0 saturated carbocycles. The molecule has 3 aliphatic rings.